The molecule has 0 saturated carbocycles. The Balaban J connectivity index is 1.64. The van der Waals surface area contributed by atoms with Crippen LogP contribution in [-0.2, 0) is 6.54 Å². The zero-order chi connectivity index (χ0) is 25.9. The van der Waals surface area contributed by atoms with Crippen LogP contribution in [0.4, 0.5) is 0 Å². The maximum absolute atomic E-state index is 9.29. The number of methoxy groups -OCH3 is 1. The maximum Gasteiger partial charge on any atom is 0.311 e. The van der Waals surface area contributed by atoms with Gasteiger partial charge in [-0.15, -0.1) is 5.10 Å². The largest absolute Gasteiger partial charge is 0.497 e. The first-order chi connectivity index (χ1) is 18.0. The Bertz CT molecular complexity index is 1670. The Morgan fingerprint density at radius 2 is 1.59 bits per heavy atom. The molecule has 0 spiro atoms. The number of hydrogen-bond donors (Lipinski definition) is 0. The first-order valence-electron chi connectivity index (χ1n) is 11.6. The van der Waals surface area contributed by atoms with Crippen molar-refractivity contribution < 1.29 is 14.0 Å². The third kappa shape index (κ3) is 4.56. The van der Waals surface area contributed by atoms with E-state index in [0.29, 0.717) is 29.3 Å². The van der Waals surface area contributed by atoms with Gasteiger partial charge < -0.3 is 9.47 Å². The van der Waals surface area contributed by atoms with E-state index in [-0.39, 0.29) is 0 Å². The van der Waals surface area contributed by atoms with E-state index in [1.807, 2.05) is 59.5 Å². The summed E-state index contributed by atoms with van der Waals surface area (Å²) in [6.07, 6.45) is 3.44. The van der Waals surface area contributed by atoms with Gasteiger partial charge in [0.2, 0.25) is 6.33 Å². The van der Waals surface area contributed by atoms with Gasteiger partial charge in [-0.05, 0) is 79.1 Å². The van der Waals surface area contributed by atoms with Gasteiger partial charge in [0.05, 0.1) is 36.6 Å². The molecular weight excluding hydrogens is 464 g/mol. The molecule has 0 fully saturated rings. The van der Waals surface area contributed by atoms with Crippen LogP contribution in [0.15, 0.2) is 73.2 Å². The minimum absolute atomic E-state index is 0.414. The number of rotatable bonds is 6. The average Bonchev–Trinajstić information content (AvgIpc) is 3.35. The van der Waals surface area contributed by atoms with Crippen molar-refractivity contribution >= 4 is 11.0 Å². The van der Waals surface area contributed by atoms with Crippen LogP contribution in [0.5, 0.6) is 17.4 Å². The summed E-state index contributed by atoms with van der Waals surface area (Å²) in [5, 5.41) is 23.9. The normalized spacial score (nSPS) is 10.6. The summed E-state index contributed by atoms with van der Waals surface area (Å²) in [6, 6.07) is 23.1. The van der Waals surface area contributed by atoms with Crippen molar-refractivity contribution in [3.05, 3.63) is 101 Å². The molecule has 37 heavy (non-hydrogen) atoms. The van der Waals surface area contributed by atoms with Crippen LogP contribution in [0.3, 0.4) is 0 Å². The van der Waals surface area contributed by atoms with Crippen molar-refractivity contribution in [2.45, 2.75) is 20.4 Å². The molecule has 8 nitrogen and oxygen atoms in total. The van der Waals surface area contributed by atoms with Crippen molar-refractivity contribution in [3.8, 4) is 35.2 Å². The first kappa shape index (κ1) is 23.5. The lowest BCUT2D eigenvalue weighted by atomic mass is 10.1. The van der Waals surface area contributed by atoms with Gasteiger partial charge in [0.1, 0.15) is 23.7 Å². The van der Waals surface area contributed by atoms with Gasteiger partial charge in [-0.25, -0.2) is 0 Å². The Morgan fingerprint density at radius 3 is 2.22 bits per heavy atom. The molecule has 2 heterocycles. The lowest BCUT2D eigenvalue weighted by Gasteiger charge is -2.11. The predicted octanol–water partition coefficient (Wildman–Crippen LogP) is 4.92. The van der Waals surface area contributed by atoms with Gasteiger partial charge in [0, 0.05) is 0 Å². The Labute approximate surface area is 214 Å². The van der Waals surface area contributed by atoms with E-state index in [1.165, 1.54) is 0 Å². The molecule has 2 aromatic heterocycles. The molecule has 0 unspecified atom stereocenters. The lowest BCUT2D eigenvalue weighted by Crippen LogP contribution is -2.34. The smallest absolute Gasteiger partial charge is 0.311 e. The molecule has 0 amide bonds. The molecule has 0 N–H and O–H groups in total. The number of ether oxygens (including phenoxy) is 2. The number of aromatic nitrogens is 4. The number of benzene rings is 3. The van der Waals surface area contributed by atoms with E-state index in [9.17, 15) is 10.5 Å². The van der Waals surface area contributed by atoms with Crippen LogP contribution in [0.1, 0.15) is 27.8 Å². The van der Waals surface area contributed by atoms with Crippen molar-refractivity contribution in [2.24, 2.45) is 0 Å². The van der Waals surface area contributed by atoms with Crippen LogP contribution < -0.4 is 14.0 Å². The fourth-order valence-corrected chi connectivity index (χ4v) is 4.28. The van der Waals surface area contributed by atoms with Gasteiger partial charge in [0.25, 0.3) is 5.65 Å². The fourth-order valence-electron chi connectivity index (χ4n) is 4.28. The highest BCUT2D eigenvalue weighted by Gasteiger charge is 2.24. The molecule has 0 aliphatic rings. The summed E-state index contributed by atoms with van der Waals surface area (Å²) in [5.41, 5.74) is 5.53. The summed E-state index contributed by atoms with van der Waals surface area (Å²) < 4.78 is 15.4. The standard InChI is InChI=1S/C29H23N6O2/c1-19-12-23(15-31)13-20(2)27(19)37-28-26-16-33-35(17-22-6-10-25(36-3)11-7-22)29(26)34(18-32-28)24-8-4-21(14-30)5-9-24/h4-13,16,18H,17H2,1-3H3/q+1. The molecule has 180 valence electrons. The van der Waals surface area contributed by atoms with E-state index >= 15 is 0 Å². The number of fused-ring (bicyclic) bond motifs is 1. The molecule has 3 aromatic carbocycles. The van der Waals surface area contributed by atoms with Crippen LogP contribution in [0.25, 0.3) is 16.7 Å². The average molecular weight is 488 g/mol. The molecule has 8 heteroatoms. The SMILES string of the molecule is COc1ccc(Cn2ncc3c(Oc4c(C)cc(C#N)cc4C)nc[n+](-c4ccc(C#N)cc4)c32)cc1. The quantitative estimate of drug-likeness (QED) is 0.315. The summed E-state index contributed by atoms with van der Waals surface area (Å²) in [5.74, 6) is 1.86. The first-order valence-corrected chi connectivity index (χ1v) is 11.6. The van der Waals surface area contributed by atoms with Crippen molar-refractivity contribution in [1.82, 2.24) is 14.8 Å². The monoisotopic (exact) mass is 487 g/mol. The van der Waals surface area contributed by atoms with Crippen molar-refractivity contribution in [2.75, 3.05) is 7.11 Å². The van der Waals surface area contributed by atoms with E-state index in [2.05, 4.69) is 22.2 Å². The molecule has 5 rings (SSSR count). The topological polar surface area (TPSA) is 101 Å². The van der Waals surface area contributed by atoms with Crippen LogP contribution in [0.2, 0.25) is 0 Å². The highest BCUT2D eigenvalue weighted by atomic mass is 16.5. The Hall–Kier alpha value is -5.21. The van der Waals surface area contributed by atoms with Gasteiger partial charge in [-0.2, -0.15) is 19.8 Å². The molecular formula is C29H23N6O2+. The van der Waals surface area contributed by atoms with Crippen molar-refractivity contribution in [3.63, 3.8) is 0 Å². The summed E-state index contributed by atoms with van der Waals surface area (Å²) in [7, 11) is 1.64. The van der Waals surface area contributed by atoms with Crippen LogP contribution >= 0.6 is 0 Å². The van der Waals surface area contributed by atoms with E-state index in [0.717, 1.165) is 39.2 Å². The molecule has 5 aromatic rings. The molecule has 0 aliphatic carbocycles. The molecule has 0 saturated heterocycles. The fraction of sp³-hybridized carbons (Fsp3) is 0.138. The highest BCUT2D eigenvalue weighted by molar-refractivity contribution is 5.78. The number of nitriles is 2. The molecule has 0 bridgehead atoms. The number of hydrogen-bond acceptors (Lipinski definition) is 6. The Morgan fingerprint density at radius 1 is 0.919 bits per heavy atom. The van der Waals surface area contributed by atoms with E-state index < -0.39 is 0 Å². The van der Waals surface area contributed by atoms with Gasteiger partial charge in [0.15, 0.2) is 5.39 Å². The summed E-state index contributed by atoms with van der Waals surface area (Å²) >= 11 is 0. The van der Waals surface area contributed by atoms with Crippen molar-refractivity contribution in [1.29, 1.82) is 10.5 Å². The minimum atomic E-state index is 0.414. The summed E-state index contributed by atoms with van der Waals surface area (Å²) in [6.45, 7) is 4.34. The van der Waals surface area contributed by atoms with Gasteiger partial charge in [-0.3, -0.25) is 0 Å². The minimum Gasteiger partial charge on any atom is -0.497 e. The number of aryl methyl sites for hydroxylation is 2. The zero-order valence-corrected chi connectivity index (χ0v) is 20.6. The predicted molar refractivity (Wildman–Crippen MR) is 137 cm³/mol. The molecule has 0 atom stereocenters. The second kappa shape index (κ2) is 9.80. The highest BCUT2D eigenvalue weighted by Crippen LogP contribution is 2.32. The van der Waals surface area contributed by atoms with E-state index in [4.69, 9.17) is 9.47 Å². The lowest BCUT2D eigenvalue weighted by molar-refractivity contribution is -0.574. The Kier molecular flexibility index (Phi) is 6.23. The third-order valence-corrected chi connectivity index (χ3v) is 6.11. The van der Waals surface area contributed by atoms with Crippen LogP contribution in [-0.4, -0.2) is 21.9 Å². The summed E-state index contributed by atoms with van der Waals surface area (Å²) in [4.78, 5) is 4.63. The maximum atomic E-state index is 9.29. The van der Waals surface area contributed by atoms with E-state index in [1.54, 1.807) is 43.9 Å². The van der Waals surface area contributed by atoms with Gasteiger partial charge in [-0.1, -0.05) is 17.1 Å². The van der Waals surface area contributed by atoms with Gasteiger partial charge >= 0.3 is 5.88 Å². The number of nitrogens with zero attached hydrogens (tertiary/aromatic N) is 6. The third-order valence-electron chi connectivity index (χ3n) is 6.11. The second-order valence-electron chi connectivity index (χ2n) is 8.62. The molecule has 0 radical (unpaired) electrons. The van der Waals surface area contributed by atoms with Crippen LogP contribution in [0, 0.1) is 36.5 Å². The second-order valence-corrected chi connectivity index (χ2v) is 8.62. The zero-order valence-electron chi connectivity index (χ0n) is 20.6. The molecule has 0 aliphatic heterocycles.